The van der Waals surface area contributed by atoms with Crippen LogP contribution in [-0.4, -0.2) is 59.6 Å². The van der Waals surface area contributed by atoms with Gasteiger partial charge in [0.25, 0.3) is 0 Å². The molecule has 0 saturated heterocycles. The number of amides is 1. The smallest absolute Gasteiger partial charge is 0.328 e. The summed E-state index contributed by atoms with van der Waals surface area (Å²) in [5.41, 5.74) is 0.914. The molecule has 3 N–H and O–H groups in total. The van der Waals surface area contributed by atoms with Gasteiger partial charge in [-0.1, -0.05) is 58.0 Å². The van der Waals surface area contributed by atoms with Crippen molar-refractivity contribution in [3.05, 3.63) is 35.9 Å². The Hall–Kier alpha value is -2.98. The van der Waals surface area contributed by atoms with Gasteiger partial charge in [-0.2, -0.15) is 0 Å². The molecule has 4 saturated carbocycles. The third-order valence-corrected chi connectivity index (χ3v) is 13.6. The van der Waals surface area contributed by atoms with Gasteiger partial charge in [0.15, 0.2) is 0 Å². The van der Waals surface area contributed by atoms with Gasteiger partial charge in [0.1, 0.15) is 13.2 Å². The lowest BCUT2D eigenvalue weighted by molar-refractivity contribution is -0.175. The largest absolute Gasteiger partial charge is 0.461 e. The van der Waals surface area contributed by atoms with Crippen LogP contribution in [0.5, 0.6) is 0 Å². The third kappa shape index (κ3) is 8.55. The molecule has 4 fully saturated rings. The molecule has 10 nitrogen and oxygen atoms in total. The summed E-state index contributed by atoms with van der Waals surface area (Å²) in [6.45, 7) is 7.89. The Balaban J connectivity index is 0.973. The predicted octanol–water partition coefficient (Wildman–Crippen LogP) is 5.71. The lowest BCUT2D eigenvalue weighted by Gasteiger charge is -2.62. The summed E-state index contributed by atoms with van der Waals surface area (Å²) >= 11 is 0. The minimum absolute atomic E-state index is 0.0298. The van der Waals surface area contributed by atoms with E-state index in [2.05, 4.69) is 26.1 Å². The van der Waals surface area contributed by atoms with Crippen molar-refractivity contribution in [2.75, 3.05) is 13.3 Å². The zero-order chi connectivity index (χ0) is 36.1. The Morgan fingerprint density at radius 1 is 0.860 bits per heavy atom. The molecule has 0 spiro atoms. The van der Waals surface area contributed by atoms with Crippen molar-refractivity contribution >= 4 is 23.8 Å². The van der Waals surface area contributed by atoms with Crippen molar-refractivity contribution in [3.63, 3.8) is 0 Å². The number of carbonyl (C=O) groups is 4. The van der Waals surface area contributed by atoms with Gasteiger partial charge in [-0.15, -0.1) is 0 Å². The fraction of sp³-hybridized carbons (Fsp3) is 0.750. The summed E-state index contributed by atoms with van der Waals surface area (Å²) in [7, 11) is 0. The van der Waals surface area contributed by atoms with Crippen LogP contribution in [0.2, 0.25) is 0 Å². The maximum absolute atomic E-state index is 12.7. The second-order valence-corrected chi connectivity index (χ2v) is 16.4. The molecule has 5 rings (SSSR count). The first-order chi connectivity index (χ1) is 23.8. The Kier molecular flexibility index (Phi) is 12.7. The molecule has 1 amide bonds. The molecule has 10 heteroatoms. The molecule has 278 valence electrons. The normalized spacial score (nSPS) is 34.2. The number of hydrogen-bond acceptors (Lipinski definition) is 9. The van der Waals surface area contributed by atoms with Crippen molar-refractivity contribution in [2.45, 2.75) is 124 Å². The van der Waals surface area contributed by atoms with Crippen LogP contribution in [0.3, 0.4) is 0 Å². The van der Waals surface area contributed by atoms with E-state index in [4.69, 9.17) is 14.2 Å². The van der Waals surface area contributed by atoms with Crippen molar-refractivity contribution in [1.82, 2.24) is 5.32 Å². The second kappa shape index (κ2) is 16.6. The number of esters is 3. The first-order valence-electron chi connectivity index (χ1n) is 19.0. The highest BCUT2D eigenvalue weighted by atomic mass is 16.7. The summed E-state index contributed by atoms with van der Waals surface area (Å²) in [4.78, 5) is 49.1. The van der Waals surface area contributed by atoms with Crippen molar-refractivity contribution in [3.8, 4) is 0 Å². The van der Waals surface area contributed by atoms with E-state index in [1.165, 1.54) is 12.8 Å². The molecule has 1 aromatic carbocycles. The molecule has 11 atom stereocenters. The predicted molar refractivity (Wildman–Crippen MR) is 186 cm³/mol. The lowest BCUT2D eigenvalue weighted by atomic mass is 9.43. The van der Waals surface area contributed by atoms with Crippen LogP contribution in [0, 0.1) is 52.3 Å². The van der Waals surface area contributed by atoms with E-state index in [1.54, 1.807) is 6.92 Å². The topological polar surface area (TPSA) is 148 Å². The molecule has 0 radical (unpaired) electrons. The highest BCUT2D eigenvalue weighted by Crippen LogP contribution is 2.68. The Labute approximate surface area is 297 Å². The van der Waals surface area contributed by atoms with Crippen LogP contribution >= 0.6 is 0 Å². The summed E-state index contributed by atoms with van der Waals surface area (Å²) in [5.74, 6) is 0.285. The van der Waals surface area contributed by atoms with Gasteiger partial charge < -0.3 is 29.7 Å². The first-order valence-corrected chi connectivity index (χ1v) is 19.0. The second-order valence-electron chi connectivity index (χ2n) is 16.4. The van der Waals surface area contributed by atoms with E-state index in [0.717, 1.165) is 44.1 Å². The Bertz CT molecular complexity index is 1340. The summed E-state index contributed by atoms with van der Waals surface area (Å²) < 4.78 is 15.2. The van der Waals surface area contributed by atoms with E-state index >= 15 is 0 Å². The minimum Gasteiger partial charge on any atom is -0.461 e. The van der Waals surface area contributed by atoms with Gasteiger partial charge in [-0.05, 0) is 116 Å². The van der Waals surface area contributed by atoms with Gasteiger partial charge >= 0.3 is 17.9 Å². The van der Waals surface area contributed by atoms with Crippen LogP contribution in [-0.2, 0) is 40.0 Å². The SMILES string of the molecule is CC(CCC(=O)OCOC(=O)CNC(=O)CC[C@@H](C)C1CCC2C3CC[C@@H]4C[C@H](O)CC[C@]4(C)C3C[C@H](O)[C@@]21C)C(=O)OCc1ccccc1. The van der Waals surface area contributed by atoms with E-state index in [-0.39, 0.29) is 67.3 Å². The maximum Gasteiger partial charge on any atom is 0.328 e. The molecule has 0 aliphatic heterocycles. The number of aliphatic hydroxyl groups is 2. The summed E-state index contributed by atoms with van der Waals surface area (Å²) in [6, 6.07) is 9.33. The molecule has 0 heterocycles. The van der Waals surface area contributed by atoms with Crippen LogP contribution < -0.4 is 5.32 Å². The number of ether oxygens (including phenoxy) is 3. The van der Waals surface area contributed by atoms with Crippen molar-refractivity contribution < 1.29 is 43.6 Å². The zero-order valence-corrected chi connectivity index (χ0v) is 30.4. The highest BCUT2D eigenvalue weighted by molar-refractivity contribution is 5.81. The van der Waals surface area contributed by atoms with E-state index < -0.39 is 30.6 Å². The van der Waals surface area contributed by atoms with Gasteiger partial charge in [-0.3, -0.25) is 19.2 Å². The molecule has 4 aliphatic carbocycles. The summed E-state index contributed by atoms with van der Waals surface area (Å²) in [6.07, 6.45) is 8.82. The first kappa shape index (κ1) is 38.3. The monoisotopic (exact) mass is 697 g/mol. The van der Waals surface area contributed by atoms with Crippen LogP contribution in [0.4, 0.5) is 0 Å². The fourth-order valence-electron chi connectivity index (χ4n) is 10.6. The molecule has 0 aromatic heterocycles. The average molecular weight is 698 g/mol. The quantitative estimate of drug-likeness (QED) is 0.164. The zero-order valence-electron chi connectivity index (χ0n) is 30.4. The number of rotatable bonds is 14. The van der Waals surface area contributed by atoms with E-state index in [0.29, 0.717) is 36.0 Å². The third-order valence-electron chi connectivity index (χ3n) is 13.6. The molecule has 0 bridgehead atoms. The number of fused-ring (bicyclic) bond motifs is 5. The minimum atomic E-state index is -0.709. The van der Waals surface area contributed by atoms with Crippen molar-refractivity contribution in [2.24, 2.45) is 52.3 Å². The van der Waals surface area contributed by atoms with E-state index in [1.807, 2.05) is 30.3 Å². The average Bonchev–Trinajstić information content (AvgIpc) is 3.47. The molecule has 1 aromatic rings. The van der Waals surface area contributed by atoms with Gasteiger partial charge in [0, 0.05) is 12.8 Å². The van der Waals surface area contributed by atoms with Gasteiger partial charge in [0.05, 0.1) is 18.1 Å². The summed E-state index contributed by atoms with van der Waals surface area (Å²) in [5, 5.41) is 24.8. The van der Waals surface area contributed by atoms with Crippen LogP contribution in [0.1, 0.15) is 110 Å². The Morgan fingerprint density at radius 2 is 1.60 bits per heavy atom. The number of aliphatic hydroxyl groups excluding tert-OH is 2. The maximum atomic E-state index is 12.7. The molecule has 4 aliphatic rings. The molecular weight excluding hydrogens is 638 g/mol. The molecular formula is C40H59NO9. The van der Waals surface area contributed by atoms with Crippen molar-refractivity contribution in [1.29, 1.82) is 0 Å². The fourth-order valence-corrected chi connectivity index (χ4v) is 10.6. The Morgan fingerprint density at radius 3 is 2.36 bits per heavy atom. The highest BCUT2D eigenvalue weighted by Gasteiger charge is 2.63. The number of nitrogens with one attached hydrogen (secondary N) is 1. The number of benzene rings is 1. The van der Waals surface area contributed by atoms with Gasteiger partial charge in [0.2, 0.25) is 12.7 Å². The van der Waals surface area contributed by atoms with Gasteiger partial charge in [-0.25, -0.2) is 0 Å². The molecule has 5 unspecified atom stereocenters. The van der Waals surface area contributed by atoms with Crippen LogP contribution in [0.25, 0.3) is 0 Å². The number of carbonyl (C=O) groups excluding carboxylic acids is 4. The van der Waals surface area contributed by atoms with E-state index in [9.17, 15) is 29.4 Å². The standard InChI is InChI=1S/C40H59NO9/c1-25(31-14-15-32-30-13-12-28-20-29(42)18-19-39(28,3)33(30)21-34(43)40(31,32)4)10-16-35(44)41-22-37(46)50-24-49-36(45)17-11-26(2)38(47)48-23-27-8-6-5-7-9-27/h5-9,25-26,28-34,42-43H,10-24H2,1-4H3,(H,41,44)/t25-,26?,28-,29-,30?,31?,32?,33?,34+,39+,40-/m1/s1. The number of hydrogen-bond donors (Lipinski definition) is 3. The lowest BCUT2D eigenvalue weighted by Crippen LogP contribution is -2.58. The van der Waals surface area contributed by atoms with Crippen LogP contribution in [0.15, 0.2) is 30.3 Å². The molecule has 50 heavy (non-hydrogen) atoms.